The Morgan fingerprint density at radius 2 is 1.77 bits per heavy atom. The lowest BCUT2D eigenvalue weighted by Crippen LogP contribution is -2.48. The highest BCUT2D eigenvalue weighted by Gasteiger charge is 2.26. The van der Waals surface area contributed by atoms with Crippen molar-refractivity contribution in [3.8, 4) is 0 Å². The van der Waals surface area contributed by atoms with Gasteiger partial charge in [-0.1, -0.05) is 20.8 Å². The second kappa shape index (κ2) is 20.7. The maximum atomic E-state index is 9.18. The van der Waals surface area contributed by atoms with Crippen molar-refractivity contribution in [3.63, 3.8) is 0 Å². The molecule has 0 amide bonds. The van der Waals surface area contributed by atoms with E-state index in [-0.39, 0.29) is 11.7 Å². The van der Waals surface area contributed by atoms with Crippen LogP contribution in [0.1, 0.15) is 75.2 Å². The van der Waals surface area contributed by atoms with E-state index in [0.29, 0.717) is 6.10 Å². The van der Waals surface area contributed by atoms with Crippen LogP contribution in [-0.2, 0) is 14.2 Å². The molecule has 1 atom stereocenters. The zero-order chi connectivity index (χ0) is 23.4. The molecular formula is C24H54N2O4. The Morgan fingerprint density at radius 3 is 2.27 bits per heavy atom. The van der Waals surface area contributed by atoms with Crippen molar-refractivity contribution in [3.05, 3.63) is 0 Å². The van der Waals surface area contributed by atoms with Crippen LogP contribution in [0.15, 0.2) is 0 Å². The summed E-state index contributed by atoms with van der Waals surface area (Å²) >= 11 is 0. The minimum absolute atomic E-state index is 0.0250. The fourth-order valence-corrected chi connectivity index (χ4v) is 3.20. The summed E-state index contributed by atoms with van der Waals surface area (Å²) in [5, 5.41) is 9.18. The van der Waals surface area contributed by atoms with Gasteiger partial charge < -0.3 is 24.2 Å². The van der Waals surface area contributed by atoms with Crippen LogP contribution >= 0.6 is 0 Å². The number of likely N-dealkylation sites (N-methyl/N-ethyl adjacent to an activating group) is 1. The first-order chi connectivity index (χ1) is 14.2. The van der Waals surface area contributed by atoms with Crippen molar-refractivity contribution in [1.29, 1.82) is 0 Å². The first-order valence-electron chi connectivity index (χ1n) is 12.2. The fourth-order valence-electron chi connectivity index (χ4n) is 3.20. The van der Waals surface area contributed by atoms with E-state index < -0.39 is 0 Å². The van der Waals surface area contributed by atoms with Crippen LogP contribution in [0.3, 0.4) is 0 Å². The zero-order valence-corrected chi connectivity index (χ0v) is 21.7. The second-order valence-electron chi connectivity index (χ2n) is 8.45. The number of nitrogens with zero attached hydrogens (tertiary/aromatic N) is 2. The molecule has 1 aliphatic heterocycles. The number of hydrogen-bond acceptors (Lipinski definition) is 6. The Labute approximate surface area is 188 Å². The molecule has 1 aliphatic rings. The molecule has 1 N–H and O–H groups in total. The molecule has 0 spiro atoms. The smallest absolute Gasteiger partial charge is 0.0753 e. The topological polar surface area (TPSA) is 54.4 Å². The van der Waals surface area contributed by atoms with E-state index in [1.165, 1.54) is 0 Å². The van der Waals surface area contributed by atoms with Gasteiger partial charge in [-0.15, -0.1) is 0 Å². The summed E-state index contributed by atoms with van der Waals surface area (Å²) in [4.78, 5) is 4.71. The third-order valence-corrected chi connectivity index (χ3v) is 4.51. The zero-order valence-electron chi connectivity index (χ0n) is 21.7. The summed E-state index contributed by atoms with van der Waals surface area (Å²) in [5.41, 5.74) is 0.0250. The van der Waals surface area contributed by atoms with Crippen LogP contribution < -0.4 is 0 Å². The summed E-state index contributed by atoms with van der Waals surface area (Å²) in [5.74, 6) is 0. The van der Waals surface area contributed by atoms with E-state index in [1.807, 2.05) is 27.7 Å². The molecule has 0 aromatic heterocycles. The van der Waals surface area contributed by atoms with Gasteiger partial charge in [0.2, 0.25) is 0 Å². The fraction of sp³-hybridized carbons (Fsp3) is 1.00. The monoisotopic (exact) mass is 434 g/mol. The molecule has 0 radical (unpaired) electrons. The van der Waals surface area contributed by atoms with E-state index in [4.69, 9.17) is 14.2 Å². The number of ether oxygens (including phenoxy) is 3. The van der Waals surface area contributed by atoms with Crippen LogP contribution in [0.4, 0.5) is 0 Å². The van der Waals surface area contributed by atoms with Crippen LogP contribution in [0, 0.1) is 0 Å². The number of aliphatic hydroxyl groups excluding tert-OH is 1. The second-order valence-corrected chi connectivity index (χ2v) is 8.45. The lowest BCUT2D eigenvalue weighted by atomic mass is 10.1. The first kappa shape index (κ1) is 31.9. The van der Waals surface area contributed by atoms with Crippen LogP contribution in [0.5, 0.6) is 0 Å². The van der Waals surface area contributed by atoms with Gasteiger partial charge in [-0.05, 0) is 60.9 Å². The standard InChI is InChI=1S/C12H25NO2.C10H23NO2.C2H6/c1-11(2)14-8-5-6-13-7-9-15-12(3,4)10-13;1-4-11(9-10(3)12)7-6-8-13-5-2;1-2/h11H,5-10H2,1-4H3;10,12H,4-9H2,1-3H3;1-2H3. The van der Waals surface area contributed by atoms with Crippen molar-refractivity contribution in [2.75, 3.05) is 65.7 Å². The summed E-state index contributed by atoms with van der Waals surface area (Å²) in [6.45, 7) is 27.8. The summed E-state index contributed by atoms with van der Waals surface area (Å²) < 4.78 is 16.4. The maximum absolute atomic E-state index is 9.18. The van der Waals surface area contributed by atoms with Crippen molar-refractivity contribution in [1.82, 2.24) is 9.80 Å². The predicted molar refractivity (Wildman–Crippen MR) is 128 cm³/mol. The van der Waals surface area contributed by atoms with E-state index in [1.54, 1.807) is 0 Å². The molecule has 0 aromatic rings. The van der Waals surface area contributed by atoms with Crippen LogP contribution in [-0.4, -0.2) is 98.4 Å². The average Bonchev–Trinajstić information content (AvgIpc) is 2.68. The van der Waals surface area contributed by atoms with Gasteiger partial charge in [-0.25, -0.2) is 0 Å². The summed E-state index contributed by atoms with van der Waals surface area (Å²) in [6, 6.07) is 0. The number of morpholine rings is 1. The summed E-state index contributed by atoms with van der Waals surface area (Å²) in [7, 11) is 0. The van der Waals surface area contributed by atoms with E-state index in [2.05, 4.69) is 44.4 Å². The molecule has 1 rings (SSSR count). The van der Waals surface area contributed by atoms with E-state index in [0.717, 1.165) is 78.5 Å². The minimum Gasteiger partial charge on any atom is -0.392 e. The van der Waals surface area contributed by atoms with Gasteiger partial charge in [0.1, 0.15) is 0 Å². The molecule has 0 saturated carbocycles. The molecule has 184 valence electrons. The van der Waals surface area contributed by atoms with E-state index >= 15 is 0 Å². The Bertz CT molecular complexity index is 352. The Balaban J connectivity index is 0. The van der Waals surface area contributed by atoms with Crippen molar-refractivity contribution < 1.29 is 19.3 Å². The minimum atomic E-state index is -0.230. The highest BCUT2D eigenvalue weighted by atomic mass is 16.5. The lowest BCUT2D eigenvalue weighted by Gasteiger charge is -2.38. The van der Waals surface area contributed by atoms with Gasteiger partial charge in [0.25, 0.3) is 0 Å². The third kappa shape index (κ3) is 21.0. The molecule has 6 heteroatoms. The van der Waals surface area contributed by atoms with Gasteiger partial charge in [0.05, 0.1) is 24.4 Å². The van der Waals surface area contributed by atoms with Gasteiger partial charge in [-0.3, -0.25) is 4.90 Å². The molecule has 0 aliphatic carbocycles. The third-order valence-electron chi connectivity index (χ3n) is 4.51. The van der Waals surface area contributed by atoms with Gasteiger partial charge in [0.15, 0.2) is 0 Å². The largest absolute Gasteiger partial charge is 0.392 e. The molecular weight excluding hydrogens is 380 g/mol. The highest BCUT2D eigenvalue weighted by Crippen LogP contribution is 2.16. The summed E-state index contributed by atoms with van der Waals surface area (Å²) in [6.07, 6.45) is 2.29. The quantitative estimate of drug-likeness (QED) is 0.441. The van der Waals surface area contributed by atoms with Gasteiger partial charge in [-0.2, -0.15) is 0 Å². The first-order valence-corrected chi connectivity index (χ1v) is 12.2. The molecule has 1 saturated heterocycles. The van der Waals surface area contributed by atoms with E-state index in [9.17, 15) is 5.11 Å². The number of rotatable bonds is 13. The number of aliphatic hydroxyl groups is 1. The SMILES string of the molecule is CC.CC(C)OCCCN1CCOC(C)(C)C1.CCOCCCN(CC)CC(C)O. The van der Waals surface area contributed by atoms with Crippen molar-refractivity contribution >= 4 is 0 Å². The van der Waals surface area contributed by atoms with Crippen LogP contribution in [0.25, 0.3) is 0 Å². The molecule has 1 fully saturated rings. The van der Waals surface area contributed by atoms with Crippen molar-refractivity contribution in [2.24, 2.45) is 0 Å². The molecule has 30 heavy (non-hydrogen) atoms. The predicted octanol–water partition coefficient (Wildman–Crippen LogP) is 4.05. The molecule has 0 aromatic carbocycles. The van der Waals surface area contributed by atoms with Gasteiger partial charge in [0, 0.05) is 52.5 Å². The van der Waals surface area contributed by atoms with Crippen LogP contribution in [0.2, 0.25) is 0 Å². The van der Waals surface area contributed by atoms with Crippen molar-refractivity contribution in [2.45, 2.75) is 93.0 Å². The highest BCUT2D eigenvalue weighted by molar-refractivity contribution is 4.78. The molecule has 1 heterocycles. The molecule has 1 unspecified atom stereocenters. The lowest BCUT2D eigenvalue weighted by molar-refractivity contribution is -0.0874. The Morgan fingerprint density at radius 1 is 1.10 bits per heavy atom. The number of hydrogen-bond donors (Lipinski definition) is 1. The molecule has 6 nitrogen and oxygen atoms in total. The average molecular weight is 435 g/mol. The molecule has 0 bridgehead atoms. The Kier molecular flexibility index (Phi) is 22.0. The maximum Gasteiger partial charge on any atom is 0.0753 e. The Hall–Kier alpha value is -0.240. The van der Waals surface area contributed by atoms with Gasteiger partial charge >= 0.3 is 0 Å². The normalized spacial score (nSPS) is 17.2.